The van der Waals surface area contributed by atoms with Crippen LogP contribution in [0.2, 0.25) is 0 Å². The van der Waals surface area contributed by atoms with Gasteiger partial charge in [-0.2, -0.15) is 0 Å². The number of halogens is 1. The van der Waals surface area contributed by atoms with E-state index in [1.54, 1.807) is 0 Å². The Morgan fingerprint density at radius 2 is 2.33 bits per heavy atom. The topological polar surface area (TPSA) is 45.1 Å². The van der Waals surface area contributed by atoms with Crippen LogP contribution in [0.4, 0.5) is 5.82 Å². The number of anilines is 1. The van der Waals surface area contributed by atoms with Gasteiger partial charge < -0.3 is 10.4 Å². The van der Waals surface area contributed by atoms with Crippen molar-refractivity contribution in [1.82, 2.24) is 4.98 Å². The molecule has 1 unspecified atom stereocenters. The van der Waals surface area contributed by atoms with Crippen molar-refractivity contribution in [3.63, 3.8) is 0 Å². The Labute approximate surface area is 99.1 Å². The molecule has 1 rings (SSSR count). The molecule has 15 heavy (non-hydrogen) atoms. The third-order valence-electron chi connectivity index (χ3n) is 2.40. The van der Waals surface area contributed by atoms with Crippen LogP contribution in [0.25, 0.3) is 0 Å². The van der Waals surface area contributed by atoms with E-state index in [9.17, 15) is 0 Å². The van der Waals surface area contributed by atoms with E-state index >= 15 is 0 Å². The van der Waals surface area contributed by atoms with Crippen LogP contribution >= 0.6 is 15.9 Å². The molecule has 0 amide bonds. The highest BCUT2D eigenvalue weighted by molar-refractivity contribution is 9.10. The van der Waals surface area contributed by atoms with Gasteiger partial charge in [-0.3, -0.25) is 0 Å². The van der Waals surface area contributed by atoms with Gasteiger partial charge in [0.05, 0.1) is 0 Å². The number of aliphatic hydroxyl groups excluding tert-OH is 1. The van der Waals surface area contributed by atoms with Crippen molar-refractivity contribution in [3.05, 3.63) is 22.8 Å². The zero-order chi connectivity index (χ0) is 11.1. The molecular formula is C11H17BrN2O. The summed E-state index contributed by atoms with van der Waals surface area (Å²) >= 11 is 3.33. The molecule has 1 atom stereocenters. The van der Waals surface area contributed by atoms with Gasteiger partial charge in [0.25, 0.3) is 0 Å². The third kappa shape index (κ3) is 4.62. The summed E-state index contributed by atoms with van der Waals surface area (Å²) in [6.07, 6.45) is 1.92. The predicted octanol–water partition coefficient (Wildman–Crippen LogP) is 2.66. The van der Waals surface area contributed by atoms with Crippen molar-refractivity contribution in [1.29, 1.82) is 0 Å². The maximum atomic E-state index is 8.86. The molecule has 84 valence electrons. The van der Waals surface area contributed by atoms with Gasteiger partial charge in [-0.1, -0.05) is 19.4 Å². The average molecular weight is 273 g/mol. The van der Waals surface area contributed by atoms with E-state index in [0.29, 0.717) is 5.92 Å². The number of nitrogens with zero attached hydrogens (tertiary/aromatic N) is 1. The second kappa shape index (κ2) is 6.80. The van der Waals surface area contributed by atoms with Crippen LogP contribution in [0.1, 0.15) is 19.8 Å². The van der Waals surface area contributed by atoms with Gasteiger partial charge in [-0.15, -0.1) is 0 Å². The van der Waals surface area contributed by atoms with Crippen molar-refractivity contribution in [2.75, 3.05) is 18.5 Å². The van der Waals surface area contributed by atoms with Crippen LogP contribution in [0.5, 0.6) is 0 Å². The second-order valence-electron chi connectivity index (χ2n) is 3.51. The Morgan fingerprint density at radius 3 is 2.93 bits per heavy atom. The lowest BCUT2D eigenvalue weighted by atomic mass is 10.0. The number of pyridine rings is 1. The summed E-state index contributed by atoms with van der Waals surface area (Å²) in [4.78, 5) is 4.28. The zero-order valence-electron chi connectivity index (χ0n) is 8.91. The highest BCUT2D eigenvalue weighted by Gasteiger charge is 2.05. The fourth-order valence-electron chi connectivity index (χ4n) is 1.39. The van der Waals surface area contributed by atoms with Gasteiger partial charge in [0.15, 0.2) is 0 Å². The average Bonchev–Trinajstić information content (AvgIpc) is 2.24. The maximum Gasteiger partial charge on any atom is 0.127 e. The van der Waals surface area contributed by atoms with E-state index in [4.69, 9.17) is 5.11 Å². The molecule has 0 fully saturated rings. The summed E-state index contributed by atoms with van der Waals surface area (Å²) in [5.41, 5.74) is 0. The molecular weight excluding hydrogens is 256 g/mol. The molecule has 0 saturated carbocycles. The maximum absolute atomic E-state index is 8.86. The molecule has 0 spiro atoms. The van der Waals surface area contributed by atoms with Crippen LogP contribution in [0.15, 0.2) is 22.8 Å². The van der Waals surface area contributed by atoms with Crippen molar-refractivity contribution >= 4 is 21.7 Å². The van der Waals surface area contributed by atoms with Crippen LogP contribution < -0.4 is 5.32 Å². The lowest BCUT2D eigenvalue weighted by molar-refractivity contribution is 0.258. The van der Waals surface area contributed by atoms with Crippen molar-refractivity contribution in [2.24, 2.45) is 5.92 Å². The SMILES string of the molecule is CCC(CCO)CNc1cccc(Br)n1. The summed E-state index contributed by atoms with van der Waals surface area (Å²) in [5, 5.41) is 12.1. The molecule has 0 saturated heterocycles. The second-order valence-corrected chi connectivity index (χ2v) is 4.33. The van der Waals surface area contributed by atoms with E-state index in [2.05, 4.69) is 33.2 Å². The molecule has 1 heterocycles. The van der Waals surface area contributed by atoms with Gasteiger partial charge >= 0.3 is 0 Å². The fraction of sp³-hybridized carbons (Fsp3) is 0.545. The summed E-state index contributed by atoms with van der Waals surface area (Å²) < 4.78 is 0.836. The Hall–Kier alpha value is -0.610. The minimum absolute atomic E-state index is 0.256. The van der Waals surface area contributed by atoms with Crippen molar-refractivity contribution in [3.8, 4) is 0 Å². The highest BCUT2D eigenvalue weighted by Crippen LogP contribution is 2.12. The molecule has 0 aliphatic rings. The first-order chi connectivity index (χ1) is 7.26. The first-order valence-electron chi connectivity index (χ1n) is 5.23. The summed E-state index contributed by atoms with van der Waals surface area (Å²) in [6.45, 7) is 3.25. The van der Waals surface area contributed by atoms with Crippen LogP contribution in [-0.2, 0) is 0 Å². The highest BCUT2D eigenvalue weighted by atomic mass is 79.9. The minimum Gasteiger partial charge on any atom is -0.396 e. The quantitative estimate of drug-likeness (QED) is 0.783. The van der Waals surface area contributed by atoms with Crippen LogP contribution in [0, 0.1) is 5.92 Å². The van der Waals surface area contributed by atoms with Crippen molar-refractivity contribution < 1.29 is 5.11 Å². The van der Waals surface area contributed by atoms with E-state index in [-0.39, 0.29) is 6.61 Å². The summed E-state index contributed by atoms with van der Waals surface area (Å²) in [5.74, 6) is 1.39. The van der Waals surface area contributed by atoms with Gasteiger partial charge in [0.1, 0.15) is 10.4 Å². The number of hydrogen-bond donors (Lipinski definition) is 2. The van der Waals surface area contributed by atoms with Crippen LogP contribution in [0.3, 0.4) is 0 Å². The smallest absolute Gasteiger partial charge is 0.127 e. The molecule has 0 aromatic carbocycles. The molecule has 1 aromatic rings. The van der Waals surface area contributed by atoms with E-state index < -0.39 is 0 Å². The lowest BCUT2D eigenvalue weighted by Gasteiger charge is -2.14. The van der Waals surface area contributed by atoms with E-state index in [1.165, 1.54) is 0 Å². The monoisotopic (exact) mass is 272 g/mol. The molecule has 0 bridgehead atoms. The first kappa shape index (κ1) is 12.5. The largest absolute Gasteiger partial charge is 0.396 e. The Bertz CT molecular complexity index is 294. The number of aromatic nitrogens is 1. The lowest BCUT2D eigenvalue weighted by Crippen LogP contribution is -2.15. The summed E-state index contributed by atoms with van der Waals surface area (Å²) in [7, 11) is 0. The molecule has 3 nitrogen and oxygen atoms in total. The Balaban J connectivity index is 2.41. The molecule has 0 aliphatic carbocycles. The molecule has 0 radical (unpaired) electrons. The predicted molar refractivity (Wildman–Crippen MR) is 65.9 cm³/mol. The Kier molecular flexibility index (Phi) is 5.65. The molecule has 1 aromatic heterocycles. The third-order valence-corrected chi connectivity index (χ3v) is 2.84. The van der Waals surface area contributed by atoms with Gasteiger partial charge in [0.2, 0.25) is 0 Å². The summed E-state index contributed by atoms with van der Waals surface area (Å²) in [6, 6.07) is 5.79. The first-order valence-corrected chi connectivity index (χ1v) is 6.02. The molecule has 2 N–H and O–H groups in total. The van der Waals surface area contributed by atoms with Gasteiger partial charge in [-0.25, -0.2) is 4.98 Å². The fourth-order valence-corrected chi connectivity index (χ4v) is 1.73. The van der Waals surface area contributed by atoms with Gasteiger partial charge in [-0.05, 0) is 40.4 Å². The number of hydrogen-bond acceptors (Lipinski definition) is 3. The number of rotatable bonds is 6. The van der Waals surface area contributed by atoms with Crippen molar-refractivity contribution in [2.45, 2.75) is 19.8 Å². The van der Waals surface area contributed by atoms with E-state index in [0.717, 1.165) is 29.8 Å². The number of aliphatic hydroxyl groups is 1. The molecule has 0 aliphatic heterocycles. The van der Waals surface area contributed by atoms with E-state index in [1.807, 2.05) is 18.2 Å². The molecule has 4 heteroatoms. The van der Waals surface area contributed by atoms with Gasteiger partial charge in [0, 0.05) is 13.2 Å². The Morgan fingerprint density at radius 1 is 1.53 bits per heavy atom. The number of nitrogens with one attached hydrogen (secondary N) is 1. The minimum atomic E-state index is 0.256. The standard InChI is InChI=1S/C11H17BrN2O/c1-2-9(6-7-15)8-13-11-5-3-4-10(12)14-11/h3-5,9,15H,2,6-8H2,1H3,(H,13,14). The van der Waals surface area contributed by atoms with Crippen LogP contribution in [-0.4, -0.2) is 23.2 Å². The zero-order valence-corrected chi connectivity index (χ0v) is 10.5. The normalized spacial score (nSPS) is 12.5.